The van der Waals surface area contributed by atoms with E-state index in [1.165, 1.54) is 11.3 Å². The van der Waals surface area contributed by atoms with Gasteiger partial charge in [0, 0.05) is 35.4 Å². The zero-order valence-electron chi connectivity index (χ0n) is 15.3. The first-order chi connectivity index (χ1) is 13.9. The van der Waals surface area contributed by atoms with Gasteiger partial charge in [0.15, 0.2) is 0 Å². The number of anilines is 3. The molecule has 1 N–H and O–H groups in total. The van der Waals surface area contributed by atoms with Gasteiger partial charge in [-0.05, 0) is 29.8 Å². The first-order valence-corrected chi connectivity index (χ1v) is 10.2. The molecule has 0 unspecified atom stereocenters. The minimum absolute atomic E-state index is 0.613. The van der Waals surface area contributed by atoms with Gasteiger partial charge < -0.3 is 15.0 Å². The van der Waals surface area contributed by atoms with Gasteiger partial charge in [0.1, 0.15) is 0 Å². The molecule has 0 radical (unpaired) electrons. The molecule has 1 saturated heterocycles. The third kappa shape index (κ3) is 3.44. The zero-order chi connectivity index (χ0) is 18.8. The number of aromatic nitrogens is 2. The highest BCUT2D eigenvalue weighted by Gasteiger charge is 2.12. The molecule has 2 aromatic carbocycles. The number of ether oxygens (including phenoxy) is 1. The summed E-state index contributed by atoms with van der Waals surface area (Å²) in [6, 6.07) is 18.8. The summed E-state index contributed by atoms with van der Waals surface area (Å²) in [5.41, 5.74) is 5.50. The molecule has 28 heavy (non-hydrogen) atoms. The van der Waals surface area contributed by atoms with Gasteiger partial charge >= 0.3 is 0 Å². The van der Waals surface area contributed by atoms with Crippen molar-refractivity contribution in [1.29, 1.82) is 0 Å². The second kappa shape index (κ2) is 7.58. The Bertz CT molecular complexity index is 1070. The summed E-state index contributed by atoms with van der Waals surface area (Å²) in [4.78, 5) is 11.6. The summed E-state index contributed by atoms with van der Waals surface area (Å²) in [6.07, 6.45) is 1.89. The molecule has 2 aromatic heterocycles. The summed E-state index contributed by atoms with van der Waals surface area (Å²) < 4.78 is 6.51. The fraction of sp³-hybridized carbons (Fsp3) is 0.182. The van der Waals surface area contributed by atoms with Crippen molar-refractivity contribution >= 4 is 38.9 Å². The fourth-order valence-corrected chi connectivity index (χ4v) is 4.29. The van der Waals surface area contributed by atoms with Gasteiger partial charge in [0.05, 0.1) is 29.6 Å². The molecule has 0 spiro atoms. The van der Waals surface area contributed by atoms with Crippen LogP contribution in [0.1, 0.15) is 0 Å². The van der Waals surface area contributed by atoms with Crippen molar-refractivity contribution in [2.45, 2.75) is 0 Å². The first kappa shape index (κ1) is 17.2. The Morgan fingerprint density at radius 3 is 2.54 bits per heavy atom. The lowest BCUT2D eigenvalue weighted by molar-refractivity contribution is 0.122. The summed E-state index contributed by atoms with van der Waals surface area (Å²) in [5, 5.41) is 5.48. The predicted molar refractivity (Wildman–Crippen MR) is 116 cm³/mol. The number of nitrogens with one attached hydrogen (secondary N) is 1. The van der Waals surface area contributed by atoms with E-state index in [1.807, 2.05) is 12.3 Å². The maximum atomic E-state index is 5.42. The average molecular weight is 388 g/mol. The Hall–Kier alpha value is -2.96. The number of rotatable bonds is 4. The van der Waals surface area contributed by atoms with Crippen molar-refractivity contribution < 1.29 is 4.74 Å². The van der Waals surface area contributed by atoms with Gasteiger partial charge in [0.25, 0.3) is 0 Å². The van der Waals surface area contributed by atoms with E-state index in [-0.39, 0.29) is 0 Å². The van der Waals surface area contributed by atoms with Crippen molar-refractivity contribution in [3.05, 3.63) is 66.2 Å². The highest BCUT2D eigenvalue weighted by atomic mass is 32.1. The van der Waals surface area contributed by atoms with Crippen molar-refractivity contribution in [2.24, 2.45) is 0 Å². The second-order valence-electron chi connectivity index (χ2n) is 6.69. The van der Waals surface area contributed by atoms with Crippen LogP contribution >= 0.6 is 11.3 Å². The maximum absolute atomic E-state index is 5.42. The quantitative estimate of drug-likeness (QED) is 0.537. The molecule has 1 aliphatic rings. The summed E-state index contributed by atoms with van der Waals surface area (Å²) in [5.74, 6) is 0.613. The Labute approximate surface area is 167 Å². The van der Waals surface area contributed by atoms with Crippen LogP contribution in [0.15, 0.2) is 66.2 Å². The molecule has 0 amide bonds. The van der Waals surface area contributed by atoms with E-state index >= 15 is 0 Å². The molecule has 6 heteroatoms. The molecule has 1 aliphatic heterocycles. The van der Waals surface area contributed by atoms with Crippen LogP contribution < -0.4 is 10.2 Å². The lowest BCUT2D eigenvalue weighted by Crippen LogP contribution is -2.36. The Morgan fingerprint density at radius 2 is 1.75 bits per heavy atom. The van der Waals surface area contributed by atoms with Gasteiger partial charge in [-0.2, -0.15) is 0 Å². The number of morpholine rings is 1. The van der Waals surface area contributed by atoms with Gasteiger partial charge in [-0.25, -0.2) is 9.97 Å². The van der Waals surface area contributed by atoms with Gasteiger partial charge in [0.2, 0.25) is 5.95 Å². The molecule has 0 atom stereocenters. The maximum Gasteiger partial charge on any atom is 0.227 e. The minimum atomic E-state index is 0.613. The van der Waals surface area contributed by atoms with Crippen molar-refractivity contribution in [2.75, 3.05) is 36.5 Å². The van der Waals surface area contributed by atoms with E-state index in [9.17, 15) is 0 Å². The van der Waals surface area contributed by atoms with Gasteiger partial charge in [-0.3, -0.25) is 0 Å². The molecule has 4 aromatic rings. The highest BCUT2D eigenvalue weighted by molar-refractivity contribution is 7.17. The van der Waals surface area contributed by atoms with Crippen LogP contribution in [0, 0.1) is 0 Å². The smallest absolute Gasteiger partial charge is 0.227 e. The Balaban J connectivity index is 1.39. The molecule has 3 heterocycles. The molecule has 0 saturated carbocycles. The monoisotopic (exact) mass is 388 g/mol. The van der Waals surface area contributed by atoms with E-state index in [0.717, 1.165) is 47.8 Å². The largest absolute Gasteiger partial charge is 0.378 e. The number of fused-ring (bicyclic) bond motifs is 1. The fourth-order valence-electron chi connectivity index (χ4n) is 3.42. The van der Waals surface area contributed by atoms with E-state index < -0.39 is 0 Å². The Kier molecular flexibility index (Phi) is 4.64. The number of hydrogen-bond acceptors (Lipinski definition) is 6. The van der Waals surface area contributed by atoms with Crippen molar-refractivity contribution in [3.8, 4) is 11.1 Å². The molecule has 5 rings (SSSR count). The van der Waals surface area contributed by atoms with Crippen LogP contribution in [-0.2, 0) is 4.74 Å². The zero-order valence-corrected chi connectivity index (χ0v) is 16.2. The van der Waals surface area contributed by atoms with Gasteiger partial charge in [-0.15, -0.1) is 11.3 Å². The molecule has 140 valence electrons. The van der Waals surface area contributed by atoms with E-state index in [4.69, 9.17) is 9.72 Å². The number of thiophene rings is 1. The molecular formula is C22H20N4OS. The topological polar surface area (TPSA) is 50.3 Å². The predicted octanol–water partition coefficient (Wildman–Crippen LogP) is 4.94. The van der Waals surface area contributed by atoms with Crippen molar-refractivity contribution in [1.82, 2.24) is 9.97 Å². The van der Waals surface area contributed by atoms with Crippen LogP contribution in [0.4, 0.5) is 17.3 Å². The lowest BCUT2D eigenvalue weighted by Gasteiger charge is -2.28. The van der Waals surface area contributed by atoms with E-state index in [2.05, 4.69) is 69.1 Å². The SMILES string of the molecule is c1ccc(-c2csc3cnc(Nc4ccc(N5CCOCC5)cc4)nc23)cc1. The highest BCUT2D eigenvalue weighted by Crippen LogP contribution is 2.33. The molecular weight excluding hydrogens is 368 g/mol. The van der Waals surface area contributed by atoms with Crippen molar-refractivity contribution in [3.63, 3.8) is 0 Å². The summed E-state index contributed by atoms with van der Waals surface area (Å²) >= 11 is 1.67. The number of hydrogen-bond donors (Lipinski definition) is 1. The lowest BCUT2D eigenvalue weighted by atomic mass is 10.1. The first-order valence-electron chi connectivity index (χ1n) is 9.36. The van der Waals surface area contributed by atoms with Crippen LogP contribution in [0.3, 0.4) is 0 Å². The molecule has 0 aliphatic carbocycles. The third-order valence-corrected chi connectivity index (χ3v) is 5.80. The normalized spacial score (nSPS) is 14.4. The van der Waals surface area contributed by atoms with Crippen LogP contribution in [0.2, 0.25) is 0 Å². The Morgan fingerprint density at radius 1 is 0.964 bits per heavy atom. The minimum Gasteiger partial charge on any atom is -0.378 e. The summed E-state index contributed by atoms with van der Waals surface area (Å²) in [6.45, 7) is 3.45. The molecule has 1 fully saturated rings. The van der Waals surface area contributed by atoms with Crippen LogP contribution in [0.5, 0.6) is 0 Å². The second-order valence-corrected chi connectivity index (χ2v) is 7.60. The number of nitrogens with zero attached hydrogens (tertiary/aromatic N) is 3. The van der Waals surface area contributed by atoms with Gasteiger partial charge in [-0.1, -0.05) is 30.3 Å². The third-order valence-electron chi connectivity index (χ3n) is 4.90. The van der Waals surface area contributed by atoms with Crippen LogP contribution in [-0.4, -0.2) is 36.3 Å². The molecule has 5 nitrogen and oxygen atoms in total. The average Bonchev–Trinajstić information content (AvgIpc) is 3.19. The molecule has 0 bridgehead atoms. The van der Waals surface area contributed by atoms with E-state index in [1.54, 1.807) is 11.3 Å². The van der Waals surface area contributed by atoms with E-state index in [0.29, 0.717) is 5.95 Å². The number of benzene rings is 2. The van der Waals surface area contributed by atoms with Crippen LogP contribution in [0.25, 0.3) is 21.3 Å². The summed E-state index contributed by atoms with van der Waals surface area (Å²) in [7, 11) is 0. The standard InChI is InChI=1S/C22H20N4OS/c1-2-4-16(5-3-1)19-15-28-20-14-23-22(25-21(19)20)24-17-6-8-18(9-7-17)26-10-12-27-13-11-26/h1-9,14-15H,10-13H2,(H,23,24,25).